The van der Waals surface area contributed by atoms with Crippen molar-refractivity contribution >= 4 is 5.78 Å². The van der Waals surface area contributed by atoms with Gasteiger partial charge in [0.15, 0.2) is 5.78 Å². The number of aliphatic hydroxyl groups is 1. The second kappa shape index (κ2) is 6.13. The Morgan fingerprint density at radius 1 is 1.26 bits per heavy atom. The summed E-state index contributed by atoms with van der Waals surface area (Å²) >= 11 is 0. The highest BCUT2D eigenvalue weighted by Crippen LogP contribution is 2.39. The van der Waals surface area contributed by atoms with Crippen LogP contribution in [-0.2, 0) is 9.53 Å². The molecule has 0 heterocycles. The van der Waals surface area contributed by atoms with Crippen LogP contribution in [0.4, 0.5) is 0 Å². The molecule has 102 valence electrons. The van der Waals surface area contributed by atoms with Crippen molar-refractivity contribution in [1.82, 2.24) is 0 Å². The maximum absolute atomic E-state index is 12.0. The third-order valence-electron chi connectivity index (χ3n) is 3.63. The van der Waals surface area contributed by atoms with E-state index in [0.717, 1.165) is 18.4 Å². The summed E-state index contributed by atoms with van der Waals surface area (Å²) in [6.07, 6.45) is 5.47. The molecule has 0 bridgehead atoms. The van der Waals surface area contributed by atoms with Gasteiger partial charge in [-0.05, 0) is 37.0 Å². The van der Waals surface area contributed by atoms with Gasteiger partial charge in [0, 0.05) is 13.7 Å². The van der Waals surface area contributed by atoms with Crippen LogP contribution < -0.4 is 0 Å². The molecule has 0 saturated carbocycles. The summed E-state index contributed by atoms with van der Waals surface area (Å²) in [5.41, 5.74) is -0.168. The van der Waals surface area contributed by atoms with Gasteiger partial charge in [-0.15, -0.1) is 0 Å². The fourth-order valence-electron chi connectivity index (χ4n) is 2.65. The lowest BCUT2D eigenvalue weighted by molar-refractivity contribution is -0.118. The smallest absolute Gasteiger partial charge is 0.166 e. The summed E-state index contributed by atoms with van der Waals surface area (Å²) in [5.74, 6) is -0.475. The normalized spacial score (nSPS) is 26.0. The van der Waals surface area contributed by atoms with Gasteiger partial charge >= 0.3 is 0 Å². The van der Waals surface area contributed by atoms with Crippen molar-refractivity contribution in [3.63, 3.8) is 0 Å². The fraction of sp³-hybridized carbons (Fsp3) is 0.438. The van der Waals surface area contributed by atoms with Crippen molar-refractivity contribution in [2.45, 2.75) is 30.8 Å². The predicted molar refractivity (Wildman–Crippen MR) is 74.0 cm³/mol. The van der Waals surface area contributed by atoms with Crippen LogP contribution in [0.5, 0.6) is 0 Å². The molecular formula is C16H20O3. The molecule has 0 fully saturated rings. The number of allylic oxidation sites excluding steroid dienone is 1. The van der Waals surface area contributed by atoms with Crippen LogP contribution in [-0.4, -0.2) is 30.2 Å². The average Bonchev–Trinajstić information content (AvgIpc) is 2.72. The van der Waals surface area contributed by atoms with Crippen LogP contribution in [0.1, 0.15) is 30.7 Å². The zero-order valence-electron chi connectivity index (χ0n) is 11.2. The highest BCUT2D eigenvalue weighted by molar-refractivity contribution is 5.99. The van der Waals surface area contributed by atoms with Crippen LogP contribution in [0.3, 0.4) is 0 Å². The van der Waals surface area contributed by atoms with E-state index in [1.54, 1.807) is 13.2 Å². The monoisotopic (exact) mass is 260 g/mol. The van der Waals surface area contributed by atoms with Crippen LogP contribution in [0, 0.1) is 0 Å². The SMILES string of the molecule is COCCCC[C@@]1(O)C=CC(=O)[C@@H]1c1ccccc1. The van der Waals surface area contributed by atoms with E-state index in [-0.39, 0.29) is 5.78 Å². The molecule has 3 heteroatoms. The Hall–Kier alpha value is -1.45. The van der Waals surface area contributed by atoms with Crippen LogP contribution in [0.2, 0.25) is 0 Å². The van der Waals surface area contributed by atoms with Crippen LogP contribution in [0.25, 0.3) is 0 Å². The summed E-state index contributed by atoms with van der Waals surface area (Å²) < 4.78 is 5.01. The molecule has 0 spiro atoms. The van der Waals surface area contributed by atoms with Gasteiger partial charge in [0.2, 0.25) is 0 Å². The fourth-order valence-corrected chi connectivity index (χ4v) is 2.65. The topological polar surface area (TPSA) is 46.5 Å². The first-order valence-corrected chi connectivity index (χ1v) is 6.67. The Morgan fingerprint density at radius 2 is 2.00 bits per heavy atom. The number of rotatable bonds is 6. The molecule has 19 heavy (non-hydrogen) atoms. The van der Waals surface area contributed by atoms with Gasteiger partial charge < -0.3 is 9.84 Å². The molecular weight excluding hydrogens is 240 g/mol. The molecule has 0 aromatic heterocycles. The molecule has 0 aliphatic heterocycles. The third kappa shape index (κ3) is 3.11. The lowest BCUT2D eigenvalue weighted by Crippen LogP contribution is -2.34. The maximum Gasteiger partial charge on any atom is 0.166 e. The summed E-state index contributed by atoms with van der Waals surface area (Å²) in [7, 11) is 1.67. The Labute approximate surface area is 113 Å². The number of benzene rings is 1. The number of methoxy groups -OCH3 is 1. The second-order valence-electron chi connectivity index (χ2n) is 5.02. The molecule has 3 nitrogen and oxygen atoms in total. The number of hydrogen-bond acceptors (Lipinski definition) is 3. The van der Waals surface area contributed by atoms with Gasteiger partial charge in [-0.25, -0.2) is 0 Å². The Kier molecular flexibility index (Phi) is 4.51. The molecule has 2 rings (SSSR count). The highest BCUT2D eigenvalue weighted by atomic mass is 16.5. The second-order valence-corrected chi connectivity index (χ2v) is 5.02. The molecule has 1 aromatic rings. The predicted octanol–water partition coefficient (Wildman–Crippen LogP) is 2.46. The Morgan fingerprint density at radius 3 is 2.68 bits per heavy atom. The molecule has 0 radical (unpaired) electrons. The van der Waals surface area contributed by atoms with E-state index in [0.29, 0.717) is 13.0 Å². The largest absolute Gasteiger partial charge is 0.385 e. The van der Waals surface area contributed by atoms with E-state index in [9.17, 15) is 9.90 Å². The van der Waals surface area contributed by atoms with E-state index in [2.05, 4.69) is 0 Å². The third-order valence-corrected chi connectivity index (χ3v) is 3.63. The summed E-state index contributed by atoms with van der Waals surface area (Å²) in [6.45, 7) is 0.684. The van der Waals surface area contributed by atoms with E-state index in [1.807, 2.05) is 30.3 Å². The number of ketones is 1. The van der Waals surface area contributed by atoms with Crippen molar-refractivity contribution in [2.24, 2.45) is 0 Å². The number of carbonyl (C=O) groups excluding carboxylic acids is 1. The quantitative estimate of drug-likeness (QED) is 0.799. The standard InChI is InChI=1S/C16H20O3/c1-19-12-6-5-10-16(18)11-9-14(17)15(16)13-7-3-2-4-8-13/h2-4,7-9,11,15,18H,5-6,10,12H2,1H3/t15-,16+/m0/s1. The number of hydrogen-bond donors (Lipinski definition) is 1. The zero-order chi connectivity index (χ0) is 13.7. The molecule has 1 N–H and O–H groups in total. The maximum atomic E-state index is 12.0. The molecule has 1 aliphatic carbocycles. The number of unbranched alkanes of at least 4 members (excludes halogenated alkanes) is 1. The molecule has 0 amide bonds. The van der Waals surface area contributed by atoms with Crippen LogP contribution >= 0.6 is 0 Å². The van der Waals surface area contributed by atoms with E-state index in [1.165, 1.54) is 6.08 Å². The first kappa shape index (κ1) is 14.0. The van der Waals surface area contributed by atoms with Crippen molar-refractivity contribution in [3.8, 4) is 0 Å². The van der Waals surface area contributed by atoms with Gasteiger partial charge in [0.1, 0.15) is 0 Å². The first-order valence-electron chi connectivity index (χ1n) is 6.67. The summed E-state index contributed by atoms with van der Waals surface area (Å²) in [6, 6.07) is 9.50. The zero-order valence-corrected chi connectivity index (χ0v) is 11.2. The van der Waals surface area contributed by atoms with E-state index >= 15 is 0 Å². The lowest BCUT2D eigenvalue weighted by Gasteiger charge is -2.28. The minimum atomic E-state index is -1.05. The summed E-state index contributed by atoms with van der Waals surface area (Å²) in [5, 5.41) is 10.7. The van der Waals surface area contributed by atoms with Gasteiger partial charge in [-0.3, -0.25) is 4.79 Å². The van der Waals surface area contributed by atoms with E-state index in [4.69, 9.17) is 4.74 Å². The van der Waals surface area contributed by atoms with Gasteiger partial charge in [0.25, 0.3) is 0 Å². The minimum Gasteiger partial charge on any atom is -0.385 e. The molecule has 0 saturated heterocycles. The van der Waals surface area contributed by atoms with Crippen molar-refractivity contribution in [2.75, 3.05) is 13.7 Å². The van der Waals surface area contributed by atoms with Gasteiger partial charge in [0.05, 0.1) is 11.5 Å². The Balaban J connectivity index is 2.10. The van der Waals surface area contributed by atoms with Crippen molar-refractivity contribution in [3.05, 3.63) is 48.0 Å². The first-order chi connectivity index (χ1) is 9.17. The molecule has 0 unspecified atom stereocenters. The molecule has 2 atom stereocenters. The minimum absolute atomic E-state index is 0.0135. The molecule has 1 aromatic carbocycles. The number of ether oxygens (including phenoxy) is 1. The van der Waals surface area contributed by atoms with Gasteiger partial charge in [-0.1, -0.05) is 30.3 Å². The number of carbonyl (C=O) groups is 1. The highest BCUT2D eigenvalue weighted by Gasteiger charge is 2.43. The molecule has 1 aliphatic rings. The Bertz CT molecular complexity index is 452. The van der Waals surface area contributed by atoms with Gasteiger partial charge in [-0.2, -0.15) is 0 Å². The van der Waals surface area contributed by atoms with Crippen molar-refractivity contribution < 1.29 is 14.6 Å². The van der Waals surface area contributed by atoms with Crippen LogP contribution in [0.15, 0.2) is 42.5 Å². The van der Waals surface area contributed by atoms with E-state index < -0.39 is 11.5 Å². The lowest BCUT2D eigenvalue weighted by atomic mass is 9.81. The average molecular weight is 260 g/mol. The summed E-state index contributed by atoms with van der Waals surface area (Å²) in [4.78, 5) is 12.0. The van der Waals surface area contributed by atoms with Crippen molar-refractivity contribution in [1.29, 1.82) is 0 Å².